The lowest BCUT2D eigenvalue weighted by molar-refractivity contribution is -0.197. The first-order chi connectivity index (χ1) is 10.0. The van der Waals surface area contributed by atoms with Crippen LogP contribution in [0.3, 0.4) is 0 Å². The van der Waals surface area contributed by atoms with Gasteiger partial charge in [0.25, 0.3) is 0 Å². The highest BCUT2D eigenvalue weighted by Crippen LogP contribution is 2.45. The average molecular weight is 292 g/mol. The van der Waals surface area contributed by atoms with Crippen molar-refractivity contribution in [3.8, 4) is 0 Å². The van der Waals surface area contributed by atoms with Crippen molar-refractivity contribution >= 4 is 5.97 Å². The summed E-state index contributed by atoms with van der Waals surface area (Å²) in [6.45, 7) is 5.77. The lowest BCUT2D eigenvalue weighted by Crippen LogP contribution is -2.36. The summed E-state index contributed by atoms with van der Waals surface area (Å²) in [5.74, 6) is -1.12. The van der Waals surface area contributed by atoms with Crippen LogP contribution in [0.2, 0.25) is 0 Å². The Morgan fingerprint density at radius 3 is 2.52 bits per heavy atom. The summed E-state index contributed by atoms with van der Waals surface area (Å²) in [6, 6.07) is 9.74. The summed E-state index contributed by atoms with van der Waals surface area (Å²) in [5.41, 5.74) is 0.973. The fourth-order valence-corrected chi connectivity index (χ4v) is 2.92. The molecule has 0 aliphatic carbocycles. The predicted octanol–water partition coefficient (Wildman–Crippen LogP) is 2.21. The Labute approximate surface area is 124 Å². The van der Waals surface area contributed by atoms with Crippen LogP contribution in [0.4, 0.5) is 0 Å². The first-order valence-corrected chi connectivity index (χ1v) is 7.24. The van der Waals surface area contributed by atoms with E-state index in [9.17, 15) is 4.79 Å². The van der Waals surface area contributed by atoms with Gasteiger partial charge in [0.15, 0.2) is 11.9 Å². The van der Waals surface area contributed by atoms with Gasteiger partial charge in [-0.2, -0.15) is 0 Å². The molecule has 2 fully saturated rings. The van der Waals surface area contributed by atoms with Crippen LogP contribution in [0.5, 0.6) is 0 Å². The molecule has 4 atom stereocenters. The normalized spacial score (nSPS) is 33.7. The van der Waals surface area contributed by atoms with Gasteiger partial charge < -0.3 is 18.9 Å². The Bertz CT molecular complexity index is 513. The Kier molecular flexibility index (Phi) is 3.73. The lowest BCUT2D eigenvalue weighted by Gasteiger charge is -2.23. The third kappa shape index (κ3) is 2.69. The number of fused-ring (bicyclic) bond motifs is 1. The van der Waals surface area contributed by atoms with Crippen LogP contribution in [-0.2, 0) is 23.7 Å². The number of hydrogen-bond donors (Lipinski definition) is 0. The maximum Gasteiger partial charge on any atom is 0.338 e. The molecule has 2 saturated heterocycles. The molecule has 0 saturated carbocycles. The molecule has 0 bridgehead atoms. The predicted molar refractivity (Wildman–Crippen MR) is 74.5 cm³/mol. The van der Waals surface area contributed by atoms with Crippen LogP contribution in [0.25, 0.3) is 0 Å². The second kappa shape index (κ2) is 5.40. The largest absolute Gasteiger partial charge is 0.464 e. The number of benzene rings is 1. The maximum atomic E-state index is 12.1. The van der Waals surface area contributed by atoms with Gasteiger partial charge in [-0.1, -0.05) is 30.3 Å². The lowest BCUT2D eigenvalue weighted by atomic mass is 10.0. The van der Waals surface area contributed by atoms with E-state index in [2.05, 4.69) is 0 Å². The van der Waals surface area contributed by atoms with Gasteiger partial charge in [0.05, 0.1) is 6.61 Å². The number of ether oxygens (including phenoxy) is 4. The summed E-state index contributed by atoms with van der Waals surface area (Å²) in [5, 5.41) is 0. The van der Waals surface area contributed by atoms with Gasteiger partial charge in [0.2, 0.25) is 0 Å². The zero-order valence-electron chi connectivity index (χ0n) is 12.4. The molecule has 0 unspecified atom stereocenters. The van der Waals surface area contributed by atoms with Crippen molar-refractivity contribution in [1.82, 2.24) is 0 Å². The van der Waals surface area contributed by atoms with Crippen LogP contribution in [0.15, 0.2) is 30.3 Å². The van der Waals surface area contributed by atoms with Crippen LogP contribution in [0.1, 0.15) is 32.4 Å². The summed E-state index contributed by atoms with van der Waals surface area (Å²) in [7, 11) is 0. The van der Waals surface area contributed by atoms with E-state index >= 15 is 0 Å². The van der Waals surface area contributed by atoms with Crippen molar-refractivity contribution in [3.05, 3.63) is 35.9 Å². The molecule has 5 nitrogen and oxygen atoms in total. The highest BCUT2D eigenvalue weighted by Gasteiger charge is 2.58. The Hall–Kier alpha value is -1.43. The van der Waals surface area contributed by atoms with E-state index < -0.39 is 24.0 Å². The van der Waals surface area contributed by atoms with Gasteiger partial charge in [-0.15, -0.1) is 0 Å². The summed E-state index contributed by atoms with van der Waals surface area (Å²) < 4.78 is 22.8. The van der Waals surface area contributed by atoms with Gasteiger partial charge in [-0.05, 0) is 26.3 Å². The average Bonchev–Trinajstić information content (AvgIpc) is 2.93. The molecule has 0 N–H and O–H groups in total. The van der Waals surface area contributed by atoms with Gasteiger partial charge in [-0.25, -0.2) is 4.79 Å². The molecule has 0 aromatic heterocycles. The molecule has 1 aromatic rings. The van der Waals surface area contributed by atoms with E-state index in [4.69, 9.17) is 18.9 Å². The molecule has 2 aliphatic rings. The third-order valence-corrected chi connectivity index (χ3v) is 3.70. The molecular weight excluding hydrogens is 272 g/mol. The molecule has 0 radical (unpaired) electrons. The molecule has 2 aliphatic heterocycles. The van der Waals surface area contributed by atoms with Gasteiger partial charge in [-0.3, -0.25) is 0 Å². The topological polar surface area (TPSA) is 54.0 Å². The smallest absolute Gasteiger partial charge is 0.338 e. The number of esters is 1. The molecule has 0 spiro atoms. The van der Waals surface area contributed by atoms with Crippen LogP contribution >= 0.6 is 0 Å². The van der Waals surface area contributed by atoms with Crippen molar-refractivity contribution < 1.29 is 23.7 Å². The molecule has 5 heteroatoms. The van der Waals surface area contributed by atoms with Crippen LogP contribution < -0.4 is 0 Å². The van der Waals surface area contributed by atoms with Gasteiger partial charge >= 0.3 is 5.97 Å². The molecule has 114 valence electrons. The monoisotopic (exact) mass is 292 g/mol. The Morgan fingerprint density at radius 2 is 1.86 bits per heavy atom. The summed E-state index contributed by atoms with van der Waals surface area (Å²) >= 11 is 0. The van der Waals surface area contributed by atoms with Gasteiger partial charge in [0.1, 0.15) is 18.3 Å². The molecule has 3 rings (SSSR count). The highest BCUT2D eigenvalue weighted by atomic mass is 16.8. The van der Waals surface area contributed by atoms with E-state index in [0.29, 0.717) is 6.61 Å². The van der Waals surface area contributed by atoms with Crippen LogP contribution in [-0.4, -0.2) is 36.7 Å². The fraction of sp³-hybridized carbons (Fsp3) is 0.562. The minimum absolute atomic E-state index is 0.309. The second-order valence-corrected chi connectivity index (χ2v) is 5.70. The Balaban J connectivity index is 1.88. The van der Waals surface area contributed by atoms with E-state index in [0.717, 1.165) is 5.56 Å². The number of carbonyl (C=O) groups is 1. The maximum absolute atomic E-state index is 12.1. The zero-order valence-corrected chi connectivity index (χ0v) is 12.4. The van der Waals surface area contributed by atoms with Gasteiger partial charge in [0, 0.05) is 0 Å². The molecule has 21 heavy (non-hydrogen) atoms. The first kappa shape index (κ1) is 14.5. The minimum atomic E-state index is -0.748. The quantitative estimate of drug-likeness (QED) is 0.800. The fourth-order valence-electron chi connectivity index (χ4n) is 2.92. The summed E-state index contributed by atoms with van der Waals surface area (Å²) in [4.78, 5) is 12.1. The van der Waals surface area contributed by atoms with Crippen molar-refractivity contribution in [2.75, 3.05) is 6.61 Å². The highest BCUT2D eigenvalue weighted by molar-refractivity contribution is 5.76. The Morgan fingerprint density at radius 1 is 1.19 bits per heavy atom. The van der Waals surface area contributed by atoms with Crippen molar-refractivity contribution in [2.24, 2.45) is 0 Å². The standard InChI is InChI=1S/C16H20O5/c1-4-18-15(17)14-13-12(20-16(2,3)21-13)11(19-14)10-8-6-5-7-9-10/h5-9,11-14H,4H2,1-3H3/t11-,12-,13-,14+/m0/s1. The molecule has 2 heterocycles. The SMILES string of the molecule is CCOC(=O)[C@@H]1O[C@@H](c2ccccc2)[C@@H]2OC(C)(C)O[C@@H]21. The number of carbonyl (C=O) groups excluding carboxylic acids is 1. The van der Waals surface area contributed by atoms with Crippen LogP contribution in [0, 0.1) is 0 Å². The number of hydrogen-bond acceptors (Lipinski definition) is 5. The zero-order chi connectivity index (χ0) is 15.0. The van der Waals surface area contributed by atoms with Crippen molar-refractivity contribution in [3.63, 3.8) is 0 Å². The minimum Gasteiger partial charge on any atom is -0.464 e. The van der Waals surface area contributed by atoms with E-state index in [1.165, 1.54) is 0 Å². The second-order valence-electron chi connectivity index (χ2n) is 5.70. The molecule has 1 aromatic carbocycles. The first-order valence-electron chi connectivity index (χ1n) is 7.24. The number of rotatable bonds is 3. The van der Waals surface area contributed by atoms with Crippen molar-refractivity contribution in [1.29, 1.82) is 0 Å². The summed E-state index contributed by atoms with van der Waals surface area (Å²) in [6.07, 6.45) is -1.82. The van der Waals surface area contributed by atoms with E-state index in [1.807, 2.05) is 44.2 Å². The molecular formula is C16H20O5. The third-order valence-electron chi connectivity index (χ3n) is 3.70. The van der Waals surface area contributed by atoms with Crippen molar-refractivity contribution in [2.45, 2.75) is 51.0 Å². The molecule has 0 amide bonds. The van der Waals surface area contributed by atoms with E-state index in [-0.39, 0.29) is 12.2 Å². The van der Waals surface area contributed by atoms with E-state index in [1.54, 1.807) is 6.92 Å².